The van der Waals surface area contributed by atoms with Crippen molar-refractivity contribution in [2.45, 2.75) is 13.3 Å². The number of nitrogens with zero attached hydrogens (tertiary/aromatic N) is 3. The van der Waals surface area contributed by atoms with Crippen LogP contribution >= 0.6 is 11.6 Å². The Morgan fingerprint density at radius 2 is 1.62 bits per heavy atom. The van der Waals surface area contributed by atoms with Gasteiger partial charge in [0.05, 0.1) is 16.8 Å². The summed E-state index contributed by atoms with van der Waals surface area (Å²) < 4.78 is 0. The monoisotopic (exact) mass is 407 g/mol. The van der Waals surface area contributed by atoms with Gasteiger partial charge in [0.15, 0.2) is 0 Å². The van der Waals surface area contributed by atoms with Gasteiger partial charge in [0.2, 0.25) is 5.91 Å². The van der Waals surface area contributed by atoms with E-state index in [4.69, 9.17) is 16.6 Å². The Bertz CT molecular complexity index is 1060. The summed E-state index contributed by atoms with van der Waals surface area (Å²) in [6, 6.07) is 17.0. The summed E-state index contributed by atoms with van der Waals surface area (Å²) in [6.45, 7) is 4.09. The first-order chi connectivity index (χ1) is 14.1. The van der Waals surface area contributed by atoms with Crippen LogP contribution < -0.4 is 0 Å². The number of carbonyl (C=O) groups excluding carboxylic acids is 2. The van der Waals surface area contributed by atoms with Crippen molar-refractivity contribution in [3.8, 4) is 11.3 Å². The summed E-state index contributed by atoms with van der Waals surface area (Å²) in [4.78, 5) is 33.7. The van der Waals surface area contributed by atoms with Crippen molar-refractivity contribution in [3.63, 3.8) is 0 Å². The first-order valence-corrected chi connectivity index (χ1v) is 10.2. The zero-order chi connectivity index (χ0) is 20.4. The second-order valence-electron chi connectivity index (χ2n) is 7.11. The highest BCUT2D eigenvalue weighted by Gasteiger charge is 2.25. The molecular weight excluding hydrogens is 386 g/mol. The fourth-order valence-corrected chi connectivity index (χ4v) is 3.80. The molecule has 148 valence electrons. The minimum atomic E-state index is -0.0255. The van der Waals surface area contributed by atoms with Gasteiger partial charge in [-0.05, 0) is 24.3 Å². The molecule has 1 aliphatic heterocycles. The molecule has 0 N–H and O–H groups in total. The van der Waals surface area contributed by atoms with Crippen LogP contribution in [0.3, 0.4) is 0 Å². The molecule has 1 aromatic heterocycles. The first kappa shape index (κ1) is 19.4. The van der Waals surface area contributed by atoms with Crippen LogP contribution in [0.1, 0.15) is 23.7 Å². The Balaban J connectivity index is 1.68. The fourth-order valence-electron chi connectivity index (χ4n) is 3.67. The molecule has 3 aromatic rings. The van der Waals surface area contributed by atoms with Crippen molar-refractivity contribution in [2.24, 2.45) is 0 Å². The number of amides is 2. The Labute approximate surface area is 174 Å². The third-order valence-electron chi connectivity index (χ3n) is 5.31. The summed E-state index contributed by atoms with van der Waals surface area (Å²) in [5, 5.41) is 1.49. The van der Waals surface area contributed by atoms with Gasteiger partial charge in [-0.3, -0.25) is 9.59 Å². The van der Waals surface area contributed by atoms with E-state index in [2.05, 4.69) is 0 Å². The quantitative estimate of drug-likeness (QED) is 0.652. The third kappa shape index (κ3) is 3.96. The fraction of sp³-hybridized carbons (Fsp3) is 0.261. The van der Waals surface area contributed by atoms with Crippen LogP contribution in [0.2, 0.25) is 5.02 Å². The van der Waals surface area contributed by atoms with Crippen molar-refractivity contribution in [1.82, 2.24) is 14.8 Å². The molecule has 1 aliphatic rings. The lowest BCUT2D eigenvalue weighted by Gasteiger charge is -2.35. The number of pyridine rings is 1. The highest BCUT2D eigenvalue weighted by atomic mass is 35.5. The molecule has 5 nitrogen and oxygen atoms in total. The van der Waals surface area contributed by atoms with E-state index in [0.717, 1.165) is 22.2 Å². The first-order valence-electron chi connectivity index (χ1n) is 9.79. The normalized spacial score (nSPS) is 14.3. The summed E-state index contributed by atoms with van der Waals surface area (Å²) in [7, 11) is 0. The van der Waals surface area contributed by atoms with E-state index >= 15 is 0 Å². The highest BCUT2D eigenvalue weighted by molar-refractivity contribution is 6.30. The van der Waals surface area contributed by atoms with Crippen LogP contribution in [0, 0.1) is 0 Å². The molecular formula is C23H22ClN3O2. The van der Waals surface area contributed by atoms with Crippen LogP contribution in [0.5, 0.6) is 0 Å². The largest absolute Gasteiger partial charge is 0.339 e. The predicted octanol–water partition coefficient (Wildman–Crippen LogP) is 4.25. The minimum absolute atomic E-state index is 0.0255. The Kier molecular flexibility index (Phi) is 5.49. The minimum Gasteiger partial charge on any atom is -0.339 e. The molecule has 0 saturated carbocycles. The van der Waals surface area contributed by atoms with Gasteiger partial charge in [-0.1, -0.05) is 48.9 Å². The molecule has 0 atom stereocenters. The molecule has 0 radical (unpaired) electrons. The van der Waals surface area contributed by atoms with E-state index < -0.39 is 0 Å². The van der Waals surface area contributed by atoms with Gasteiger partial charge in [-0.2, -0.15) is 0 Å². The van der Waals surface area contributed by atoms with Gasteiger partial charge < -0.3 is 9.80 Å². The van der Waals surface area contributed by atoms with E-state index in [1.54, 1.807) is 0 Å². The molecule has 0 unspecified atom stereocenters. The van der Waals surface area contributed by atoms with Crippen molar-refractivity contribution in [1.29, 1.82) is 0 Å². The predicted molar refractivity (Wildman–Crippen MR) is 115 cm³/mol. The molecule has 4 rings (SSSR count). The number of carbonyl (C=O) groups is 2. The number of rotatable bonds is 3. The second kappa shape index (κ2) is 8.21. The Morgan fingerprint density at radius 3 is 2.31 bits per heavy atom. The smallest absolute Gasteiger partial charge is 0.254 e. The SMILES string of the molecule is CCC(=O)N1CCN(C(=O)c2cc(-c3ccc(Cl)cc3)nc3ccccc23)CC1. The van der Waals surface area contributed by atoms with Gasteiger partial charge in [0.1, 0.15) is 0 Å². The number of benzene rings is 2. The maximum atomic E-state index is 13.4. The Morgan fingerprint density at radius 1 is 0.966 bits per heavy atom. The molecule has 0 bridgehead atoms. The van der Waals surface area contributed by atoms with Crippen molar-refractivity contribution in [3.05, 3.63) is 65.2 Å². The van der Waals surface area contributed by atoms with Crippen LogP contribution in [-0.2, 0) is 4.79 Å². The lowest BCUT2D eigenvalue weighted by atomic mass is 10.0. The topological polar surface area (TPSA) is 53.5 Å². The molecule has 2 amide bonds. The molecule has 1 fully saturated rings. The van der Waals surface area contributed by atoms with E-state index in [0.29, 0.717) is 43.2 Å². The number of aromatic nitrogens is 1. The number of hydrogen-bond donors (Lipinski definition) is 0. The van der Waals surface area contributed by atoms with Gasteiger partial charge >= 0.3 is 0 Å². The van der Waals surface area contributed by atoms with Gasteiger partial charge in [0, 0.05) is 48.6 Å². The highest BCUT2D eigenvalue weighted by Crippen LogP contribution is 2.27. The van der Waals surface area contributed by atoms with Gasteiger partial charge in [0.25, 0.3) is 5.91 Å². The molecule has 2 heterocycles. The zero-order valence-electron chi connectivity index (χ0n) is 16.3. The number of hydrogen-bond acceptors (Lipinski definition) is 3. The maximum absolute atomic E-state index is 13.4. The second-order valence-corrected chi connectivity index (χ2v) is 7.54. The van der Waals surface area contributed by atoms with E-state index in [-0.39, 0.29) is 11.8 Å². The number of para-hydroxylation sites is 1. The maximum Gasteiger partial charge on any atom is 0.254 e. The van der Waals surface area contributed by atoms with Crippen molar-refractivity contribution < 1.29 is 9.59 Å². The lowest BCUT2D eigenvalue weighted by molar-refractivity contribution is -0.132. The van der Waals surface area contributed by atoms with E-state index in [1.165, 1.54) is 0 Å². The molecule has 6 heteroatoms. The number of fused-ring (bicyclic) bond motifs is 1. The molecule has 29 heavy (non-hydrogen) atoms. The standard InChI is InChI=1S/C23H22ClN3O2/c1-2-22(28)26-11-13-27(14-12-26)23(29)19-15-21(16-7-9-17(24)10-8-16)25-20-6-4-3-5-18(19)20/h3-10,15H,2,11-14H2,1H3. The molecule has 0 aliphatic carbocycles. The average molecular weight is 408 g/mol. The van der Waals surface area contributed by atoms with Crippen LogP contribution in [0.25, 0.3) is 22.2 Å². The lowest BCUT2D eigenvalue weighted by Crippen LogP contribution is -2.50. The molecule has 2 aromatic carbocycles. The zero-order valence-corrected chi connectivity index (χ0v) is 17.0. The van der Waals surface area contributed by atoms with E-state index in [9.17, 15) is 9.59 Å². The van der Waals surface area contributed by atoms with Crippen LogP contribution in [0.4, 0.5) is 0 Å². The van der Waals surface area contributed by atoms with Crippen molar-refractivity contribution >= 4 is 34.3 Å². The number of halogens is 1. The average Bonchev–Trinajstić information content (AvgIpc) is 2.78. The summed E-state index contributed by atoms with van der Waals surface area (Å²) in [5.41, 5.74) is 3.06. The summed E-state index contributed by atoms with van der Waals surface area (Å²) in [6.07, 6.45) is 0.493. The third-order valence-corrected chi connectivity index (χ3v) is 5.56. The van der Waals surface area contributed by atoms with Crippen LogP contribution in [0.15, 0.2) is 54.6 Å². The van der Waals surface area contributed by atoms with Crippen LogP contribution in [-0.4, -0.2) is 52.8 Å². The number of piperazine rings is 1. The summed E-state index contributed by atoms with van der Waals surface area (Å²) >= 11 is 6.01. The van der Waals surface area contributed by atoms with Gasteiger partial charge in [-0.25, -0.2) is 4.98 Å². The molecule has 0 spiro atoms. The van der Waals surface area contributed by atoms with E-state index in [1.807, 2.05) is 71.3 Å². The van der Waals surface area contributed by atoms with Gasteiger partial charge in [-0.15, -0.1) is 0 Å². The Hall–Kier alpha value is -2.92. The summed E-state index contributed by atoms with van der Waals surface area (Å²) in [5.74, 6) is 0.110. The van der Waals surface area contributed by atoms with Crippen molar-refractivity contribution in [2.75, 3.05) is 26.2 Å². The molecule has 1 saturated heterocycles.